The quantitative estimate of drug-likeness (QED) is 0.685. The summed E-state index contributed by atoms with van der Waals surface area (Å²) in [5, 5.41) is 11.2. The van der Waals surface area contributed by atoms with E-state index in [1.165, 1.54) is 10.8 Å². The number of hydrogen-bond donors (Lipinski definition) is 1. The molecule has 0 radical (unpaired) electrons. The molecule has 1 aliphatic carbocycles. The highest BCUT2D eigenvalue weighted by atomic mass is 32.2. The Balaban J connectivity index is 0.000000200. The van der Waals surface area contributed by atoms with Gasteiger partial charge in [-0.3, -0.25) is 0 Å². The first-order valence-corrected chi connectivity index (χ1v) is 10.3. The Morgan fingerprint density at radius 1 is 1.00 bits per heavy atom. The molecule has 1 aliphatic rings. The van der Waals surface area contributed by atoms with Crippen molar-refractivity contribution < 1.29 is 23.1 Å². The Labute approximate surface area is 170 Å². The van der Waals surface area contributed by atoms with Gasteiger partial charge in [0.1, 0.15) is 5.75 Å². The van der Waals surface area contributed by atoms with Crippen molar-refractivity contribution in [2.75, 3.05) is 6.61 Å². The molecule has 3 aromatic carbocycles. The third kappa shape index (κ3) is 5.65. The first-order chi connectivity index (χ1) is 14.0. The molecule has 1 unspecified atom stereocenters. The van der Waals surface area contributed by atoms with Gasteiger partial charge in [0.25, 0.3) is 0 Å². The predicted molar refractivity (Wildman–Crippen MR) is 111 cm³/mol. The second kappa shape index (κ2) is 9.84. The Hall–Kier alpha value is -3.19. The van der Waals surface area contributed by atoms with Crippen LogP contribution in [-0.4, -0.2) is 26.1 Å². The topological polar surface area (TPSA) is 93.0 Å². The van der Waals surface area contributed by atoms with Crippen molar-refractivity contribution in [3.8, 4) is 5.75 Å². The van der Waals surface area contributed by atoms with Crippen molar-refractivity contribution in [2.45, 2.75) is 25.3 Å². The van der Waals surface area contributed by atoms with Gasteiger partial charge in [-0.2, -0.15) is 12.8 Å². The van der Waals surface area contributed by atoms with Gasteiger partial charge in [-0.1, -0.05) is 60.7 Å². The molecule has 0 fully saturated rings. The molecular formula is C22H21NO5S. The van der Waals surface area contributed by atoms with Crippen LogP contribution in [0.15, 0.2) is 71.1 Å². The van der Waals surface area contributed by atoms with Gasteiger partial charge >= 0.3 is 16.5 Å². The lowest BCUT2D eigenvalue weighted by Crippen LogP contribution is -2.14. The monoisotopic (exact) mass is 411 g/mol. The number of carboxylic acids is 1. The summed E-state index contributed by atoms with van der Waals surface area (Å²) in [6, 6.07) is 21.5. The largest absolute Gasteiger partial charge is 0.482 e. The van der Waals surface area contributed by atoms with Crippen molar-refractivity contribution in [1.29, 1.82) is 0 Å². The molecule has 0 heterocycles. The number of carbonyl (C=O) groups is 1. The van der Waals surface area contributed by atoms with E-state index in [9.17, 15) is 13.2 Å². The van der Waals surface area contributed by atoms with E-state index in [0.717, 1.165) is 24.0 Å². The number of ether oxygens (including phenoxy) is 1. The number of nitrogens with zero attached hydrogens (tertiary/aromatic N) is 1. The SMILES string of the molecule is O=C(O)COc1cccc2c1CCCC2N=S(=O)=O.c1ccc2ccccc2c1. The van der Waals surface area contributed by atoms with Crippen molar-refractivity contribution in [3.05, 3.63) is 77.9 Å². The number of carboxylic acid groups (broad SMARTS) is 1. The van der Waals surface area contributed by atoms with E-state index in [-0.39, 0.29) is 0 Å². The second-order valence-electron chi connectivity index (χ2n) is 6.58. The molecule has 0 saturated carbocycles. The van der Waals surface area contributed by atoms with Gasteiger partial charge in [-0.15, -0.1) is 0 Å². The van der Waals surface area contributed by atoms with Gasteiger partial charge in [0.15, 0.2) is 6.61 Å². The summed E-state index contributed by atoms with van der Waals surface area (Å²) in [5.41, 5.74) is 1.66. The molecule has 0 saturated heterocycles. The van der Waals surface area contributed by atoms with Gasteiger partial charge in [0, 0.05) is 0 Å². The van der Waals surface area contributed by atoms with Gasteiger partial charge < -0.3 is 9.84 Å². The molecule has 1 atom stereocenters. The fourth-order valence-electron chi connectivity index (χ4n) is 3.41. The lowest BCUT2D eigenvalue weighted by Gasteiger charge is -2.23. The molecule has 4 rings (SSSR count). The average Bonchev–Trinajstić information content (AvgIpc) is 2.72. The van der Waals surface area contributed by atoms with Gasteiger partial charge in [0.05, 0.1) is 6.04 Å². The Bertz CT molecular complexity index is 1070. The van der Waals surface area contributed by atoms with E-state index < -0.39 is 29.1 Å². The van der Waals surface area contributed by atoms with Crippen LogP contribution < -0.4 is 4.74 Å². The summed E-state index contributed by atoms with van der Waals surface area (Å²) in [4.78, 5) is 10.5. The van der Waals surface area contributed by atoms with Crippen LogP contribution in [-0.2, 0) is 21.7 Å². The van der Waals surface area contributed by atoms with Gasteiger partial charge in [-0.25, -0.2) is 4.79 Å². The normalized spacial score (nSPS) is 14.8. The standard InChI is InChI=1S/C12H13NO5S.C10H8/c14-12(15)7-18-11-6-2-3-8-9(11)4-1-5-10(8)13-19(16)17;1-2-6-10-8-4-3-7-9(10)5-1/h2-3,6,10H,1,4-5,7H2,(H,14,15);1-8H. The van der Waals surface area contributed by atoms with Gasteiger partial charge in [0.2, 0.25) is 0 Å². The number of benzene rings is 3. The zero-order chi connectivity index (χ0) is 20.6. The zero-order valence-electron chi connectivity index (χ0n) is 15.7. The third-order valence-corrected chi connectivity index (χ3v) is 5.08. The molecule has 1 N–H and O–H groups in total. The summed E-state index contributed by atoms with van der Waals surface area (Å²) < 4.78 is 30.3. The van der Waals surface area contributed by atoms with Crippen LogP contribution in [0.4, 0.5) is 0 Å². The van der Waals surface area contributed by atoms with Crippen LogP contribution in [0.2, 0.25) is 0 Å². The zero-order valence-corrected chi connectivity index (χ0v) is 16.5. The summed E-state index contributed by atoms with van der Waals surface area (Å²) in [5.74, 6) is -0.549. The van der Waals surface area contributed by atoms with E-state index in [2.05, 4.69) is 52.9 Å². The molecule has 150 valence electrons. The lowest BCUT2D eigenvalue weighted by molar-refractivity contribution is -0.139. The molecule has 0 bridgehead atoms. The van der Waals surface area contributed by atoms with Crippen LogP contribution >= 0.6 is 0 Å². The summed E-state index contributed by atoms with van der Waals surface area (Å²) in [6.07, 6.45) is 2.21. The molecule has 0 aromatic heterocycles. The molecule has 6 nitrogen and oxygen atoms in total. The number of rotatable bonds is 4. The van der Waals surface area contributed by atoms with Gasteiger partial charge in [-0.05, 0) is 47.2 Å². The fourth-order valence-corrected chi connectivity index (χ4v) is 3.84. The highest BCUT2D eigenvalue weighted by molar-refractivity contribution is 7.61. The smallest absolute Gasteiger partial charge is 0.341 e. The van der Waals surface area contributed by atoms with Crippen molar-refractivity contribution >= 4 is 27.2 Å². The van der Waals surface area contributed by atoms with Crippen LogP contribution in [0.3, 0.4) is 0 Å². The number of aliphatic carboxylic acids is 1. The molecule has 29 heavy (non-hydrogen) atoms. The Morgan fingerprint density at radius 3 is 2.17 bits per heavy atom. The van der Waals surface area contributed by atoms with E-state index in [4.69, 9.17) is 9.84 Å². The Kier molecular flexibility index (Phi) is 6.97. The fraction of sp³-hybridized carbons (Fsp3) is 0.227. The van der Waals surface area contributed by atoms with E-state index in [1.807, 2.05) is 6.07 Å². The predicted octanol–water partition coefficient (Wildman–Crippen LogP) is 4.43. The first kappa shape index (κ1) is 20.5. The van der Waals surface area contributed by atoms with Crippen molar-refractivity contribution in [1.82, 2.24) is 0 Å². The number of fused-ring (bicyclic) bond motifs is 2. The molecule has 3 aromatic rings. The molecule has 0 spiro atoms. The maximum atomic E-state index is 10.7. The van der Waals surface area contributed by atoms with Crippen LogP contribution in [0.1, 0.15) is 30.0 Å². The maximum absolute atomic E-state index is 10.7. The molecule has 7 heteroatoms. The van der Waals surface area contributed by atoms with Crippen molar-refractivity contribution in [3.63, 3.8) is 0 Å². The second-order valence-corrected chi connectivity index (χ2v) is 7.23. The maximum Gasteiger partial charge on any atom is 0.341 e. The number of hydrogen-bond acceptors (Lipinski definition) is 5. The van der Waals surface area contributed by atoms with E-state index >= 15 is 0 Å². The molecular weight excluding hydrogens is 390 g/mol. The summed E-state index contributed by atoms with van der Waals surface area (Å²) in [7, 11) is -2.45. The minimum atomic E-state index is -2.45. The Morgan fingerprint density at radius 2 is 1.62 bits per heavy atom. The van der Waals surface area contributed by atoms with E-state index in [0.29, 0.717) is 12.2 Å². The highest BCUT2D eigenvalue weighted by Gasteiger charge is 2.23. The minimum absolute atomic E-state index is 0.393. The third-order valence-electron chi connectivity index (χ3n) is 4.66. The van der Waals surface area contributed by atoms with E-state index in [1.54, 1.807) is 12.1 Å². The lowest BCUT2D eigenvalue weighted by atomic mass is 9.87. The summed E-state index contributed by atoms with van der Waals surface area (Å²) in [6.45, 7) is -0.411. The van der Waals surface area contributed by atoms with Crippen molar-refractivity contribution in [2.24, 2.45) is 4.36 Å². The van der Waals surface area contributed by atoms with Crippen LogP contribution in [0, 0.1) is 0 Å². The first-order valence-electron chi connectivity index (χ1n) is 9.25. The van der Waals surface area contributed by atoms with Crippen LogP contribution in [0.25, 0.3) is 10.8 Å². The molecule has 0 aliphatic heterocycles. The van der Waals surface area contributed by atoms with Crippen LogP contribution in [0.5, 0.6) is 5.75 Å². The average molecular weight is 411 g/mol. The summed E-state index contributed by atoms with van der Waals surface area (Å²) >= 11 is 0. The minimum Gasteiger partial charge on any atom is -0.482 e. The highest BCUT2D eigenvalue weighted by Crippen LogP contribution is 2.37. The molecule has 0 amide bonds.